The van der Waals surface area contributed by atoms with Gasteiger partial charge in [-0.15, -0.1) is 0 Å². The highest BCUT2D eigenvalue weighted by Crippen LogP contribution is 2.28. The number of carbonyl (C=O) groups excluding carboxylic acids is 1. The van der Waals surface area contributed by atoms with Gasteiger partial charge in [0.1, 0.15) is 0 Å². The molecule has 3 nitrogen and oxygen atoms in total. The fourth-order valence-corrected chi connectivity index (χ4v) is 2.84. The molecule has 20 heavy (non-hydrogen) atoms. The van der Waals surface area contributed by atoms with Crippen LogP contribution in [0.4, 0.5) is 0 Å². The van der Waals surface area contributed by atoms with Crippen LogP contribution in [0.15, 0.2) is 18.2 Å². The molecular weight excluding hydrogens is 250 g/mol. The molecule has 2 rings (SSSR count). The summed E-state index contributed by atoms with van der Waals surface area (Å²) in [6.45, 7) is 6.86. The number of carbonyl (C=O) groups is 1. The van der Waals surface area contributed by atoms with Gasteiger partial charge in [-0.2, -0.15) is 0 Å². The lowest BCUT2D eigenvalue weighted by atomic mass is 9.82. The summed E-state index contributed by atoms with van der Waals surface area (Å²) in [5.41, 5.74) is 2.99. The van der Waals surface area contributed by atoms with Crippen molar-refractivity contribution >= 4 is 5.78 Å². The number of ketones is 1. The van der Waals surface area contributed by atoms with Gasteiger partial charge in [0, 0.05) is 12.1 Å². The Bertz CT molecular complexity index is 492. The summed E-state index contributed by atoms with van der Waals surface area (Å²) in [5.74, 6) is 0.720. The molecular formula is C17H25NO2. The molecule has 110 valence electrons. The largest absolute Gasteiger partial charge is 0.393 e. The molecule has 1 unspecified atom stereocenters. The molecule has 0 radical (unpaired) electrons. The summed E-state index contributed by atoms with van der Waals surface area (Å²) < 4.78 is 0. The second kappa shape index (κ2) is 6.06. The normalized spacial score (nSPS) is 23.5. The van der Waals surface area contributed by atoms with E-state index in [1.165, 1.54) is 0 Å². The molecule has 3 heteroatoms. The van der Waals surface area contributed by atoms with Crippen molar-refractivity contribution in [2.75, 3.05) is 13.6 Å². The first kappa shape index (κ1) is 15.2. The molecule has 1 aromatic rings. The first-order valence-corrected chi connectivity index (χ1v) is 7.38. The highest BCUT2D eigenvalue weighted by Gasteiger charge is 2.30. The van der Waals surface area contributed by atoms with Crippen molar-refractivity contribution in [3.63, 3.8) is 0 Å². The van der Waals surface area contributed by atoms with Crippen molar-refractivity contribution in [2.24, 2.45) is 5.92 Å². The number of aliphatic hydroxyl groups excluding tert-OH is 1. The molecule has 1 aliphatic carbocycles. The maximum atomic E-state index is 12.6. The van der Waals surface area contributed by atoms with Crippen LogP contribution in [0.2, 0.25) is 0 Å². The van der Waals surface area contributed by atoms with E-state index in [1.807, 2.05) is 46.0 Å². The Morgan fingerprint density at radius 1 is 1.40 bits per heavy atom. The van der Waals surface area contributed by atoms with E-state index < -0.39 is 0 Å². The van der Waals surface area contributed by atoms with Crippen molar-refractivity contribution in [1.82, 2.24) is 4.90 Å². The van der Waals surface area contributed by atoms with Gasteiger partial charge in [0.2, 0.25) is 0 Å². The number of benzene rings is 1. The van der Waals surface area contributed by atoms with Gasteiger partial charge in [-0.25, -0.2) is 0 Å². The fourth-order valence-electron chi connectivity index (χ4n) is 2.84. The number of Topliss-reactive ketones (excluding diaryl/α,β-unsaturated/α-hetero) is 1. The first-order valence-electron chi connectivity index (χ1n) is 7.38. The molecule has 1 fully saturated rings. The third-order valence-electron chi connectivity index (χ3n) is 4.46. The second-order valence-electron chi connectivity index (χ2n) is 6.29. The van der Waals surface area contributed by atoms with Crippen molar-refractivity contribution in [3.05, 3.63) is 34.9 Å². The molecule has 0 aromatic heterocycles. The van der Waals surface area contributed by atoms with E-state index in [1.54, 1.807) is 0 Å². The van der Waals surface area contributed by atoms with Crippen molar-refractivity contribution in [1.29, 1.82) is 0 Å². The van der Waals surface area contributed by atoms with Gasteiger partial charge in [0.05, 0.1) is 12.1 Å². The van der Waals surface area contributed by atoms with Crippen LogP contribution in [0.3, 0.4) is 0 Å². The highest BCUT2D eigenvalue weighted by molar-refractivity contribution is 6.01. The van der Waals surface area contributed by atoms with Crippen molar-refractivity contribution < 1.29 is 9.90 Å². The first-order chi connectivity index (χ1) is 9.38. The van der Waals surface area contributed by atoms with E-state index in [4.69, 9.17) is 0 Å². The van der Waals surface area contributed by atoms with Crippen LogP contribution < -0.4 is 0 Å². The summed E-state index contributed by atoms with van der Waals surface area (Å²) in [4.78, 5) is 14.7. The Morgan fingerprint density at radius 3 is 2.65 bits per heavy atom. The Hall–Kier alpha value is -1.19. The summed E-state index contributed by atoms with van der Waals surface area (Å²) >= 11 is 0. The van der Waals surface area contributed by atoms with E-state index >= 15 is 0 Å². The standard InChI is InChI=1S/C17H25NO2/c1-11-5-6-12(2)16(7-11)17(20)13(3)18(4)10-14-8-15(19)9-14/h5-7,13-15,19H,8-10H2,1-4H3. The minimum Gasteiger partial charge on any atom is -0.393 e. The maximum Gasteiger partial charge on any atom is 0.179 e. The molecule has 1 N–H and O–H groups in total. The summed E-state index contributed by atoms with van der Waals surface area (Å²) in [6, 6.07) is 5.91. The Morgan fingerprint density at radius 2 is 2.05 bits per heavy atom. The molecule has 0 aliphatic heterocycles. The molecule has 0 bridgehead atoms. The smallest absolute Gasteiger partial charge is 0.179 e. The topological polar surface area (TPSA) is 40.5 Å². The van der Waals surface area contributed by atoms with Crippen LogP contribution in [-0.2, 0) is 0 Å². The molecule has 0 heterocycles. The Labute approximate surface area is 121 Å². The Kier molecular flexibility index (Phi) is 4.61. The zero-order valence-corrected chi connectivity index (χ0v) is 12.9. The van der Waals surface area contributed by atoms with E-state index in [2.05, 4.69) is 4.90 Å². The SMILES string of the molecule is Cc1ccc(C)c(C(=O)C(C)N(C)CC2CC(O)C2)c1. The number of nitrogens with zero attached hydrogens (tertiary/aromatic N) is 1. The van der Waals surface area contributed by atoms with Gasteiger partial charge in [-0.05, 0) is 58.2 Å². The molecule has 0 spiro atoms. The number of hydrogen-bond donors (Lipinski definition) is 1. The van der Waals surface area contributed by atoms with E-state index in [-0.39, 0.29) is 17.9 Å². The van der Waals surface area contributed by atoms with Crippen molar-refractivity contribution in [2.45, 2.75) is 45.8 Å². The van der Waals surface area contributed by atoms with Gasteiger partial charge in [0.25, 0.3) is 0 Å². The lowest BCUT2D eigenvalue weighted by Crippen LogP contribution is -2.43. The van der Waals surface area contributed by atoms with E-state index in [0.29, 0.717) is 5.92 Å². The predicted molar refractivity (Wildman–Crippen MR) is 81.1 cm³/mol. The van der Waals surface area contributed by atoms with Crippen LogP contribution in [-0.4, -0.2) is 41.5 Å². The zero-order chi connectivity index (χ0) is 14.9. The van der Waals surface area contributed by atoms with E-state index in [9.17, 15) is 9.90 Å². The molecule has 1 atom stereocenters. The van der Waals surface area contributed by atoms with Crippen LogP contribution >= 0.6 is 0 Å². The van der Waals surface area contributed by atoms with Gasteiger partial charge < -0.3 is 5.11 Å². The third kappa shape index (κ3) is 3.28. The molecule has 1 saturated carbocycles. The predicted octanol–water partition coefficient (Wildman–Crippen LogP) is 2.58. The number of rotatable bonds is 5. The van der Waals surface area contributed by atoms with Gasteiger partial charge in [0.15, 0.2) is 5.78 Å². The van der Waals surface area contributed by atoms with Gasteiger partial charge in [-0.1, -0.05) is 17.7 Å². The van der Waals surface area contributed by atoms with Gasteiger partial charge in [-0.3, -0.25) is 9.69 Å². The van der Waals surface area contributed by atoms with Gasteiger partial charge >= 0.3 is 0 Å². The Balaban J connectivity index is 2.02. The number of likely N-dealkylation sites (N-methyl/N-ethyl adjacent to an activating group) is 1. The summed E-state index contributed by atoms with van der Waals surface area (Å²) in [7, 11) is 2.00. The second-order valence-corrected chi connectivity index (χ2v) is 6.29. The number of hydrogen-bond acceptors (Lipinski definition) is 3. The lowest BCUT2D eigenvalue weighted by Gasteiger charge is -2.36. The highest BCUT2D eigenvalue weighted by atomic mass is 16.3. The maximum absolute atomic E-state index is 12.6. The van der Waals surface area contributed by atoms with Crippen LogP contribution in [0.25, 0.3) is 0 Å². The average Bonchev–Trinajstić information content (AvgIpc) is 2.38. The third-order valence-corrected chi connectivity index (χ3v) is 4.46. The van der Waals surface area contributed by atoms with E-state index in [0.717, 1.165) is 36.1 Å². The number of aliphatic hydroxyl groups is 1. The average molecular weight is 275 g/mol. The van der Waals surface area contributed by atoms with Crippen molar-refractivity contribution in [3.8, 4) is 0 Å². The molecule has 1 aromatic carbocycles. The molecule has 1 aliphatic rings. The number of aryl methyl sites for hydroxylation is 2. The van der Waals surface area contributed by atoms with Crippen LogP contribution in [0.5, 0.6) is 0 Å². The lowest BCUT2D eigenvalue weighted by molar-refractivity contribution is 0.0234. The minimum atomic E-state index is -0.126. The minimum absolute atomic E-state index is 0.117. The zero-order valence-electron chi connectivity index (χ0n) is 12.9. The summed E-state index contributed by atoms with van der Waals surface area (Å²) in [6.07, 6.45) is 1.61. The monoisotopic (exact) mass is 275 g/mol. The quantitative estimate of drug-likeness (QED) is 0.840. The fraction of sp³-hybridized carbons (Fsp3) is 0.588. The van der Waals surface area contributed by atoms with Crippen LogP contribution in [0.1, 0.15) is 41.3 Å². The summed E-state index contributed by atoms with van der Waals surface area (Å²) in [5, 5.41) is 9.34. The molecule has 0 amide bonds. The molecule has 0 saturated heterocycles. The van der Waals surface area contributed by atoms with Crippen LogP contribution in [0, 0.1) is 19.8 Å².